The van der Waals surface area contributed by atoms with E-state index in [0.29, 0.717) is 17.2 Å². The van der Waals surface area contributed by atoms with Gasteiger partial charge in [0, 0.05) is 29.2 Å². The maximum atomic E-state index is 11.9. The molecule has 9 rings (SSSR count). The standard InChI is InChI=1S/C50H49BN5O2.Pt/c1-33-17-15-18-34(2)46(33)51-55(36-19-11-10-12-20-36)40-26-25-37(30-42(40)56(51)45-29-35(27-28-52-45)48(3,4)5)58-43-24-16-23-41(47(43)57)53-31-44-50(8,9)49(6,7)38-21-13-14-22-39(38)54(44)32-53;/h10-29,31,57H,1-9H3;/q-1;+2. The third kappa shape index (κ3) is 6.48. The van der Waals surface area contributed by atoms with Gasteiger partial charge in [-0.25, -0.2) is 4.98 Å². The number of rotatable bonds is 6. The third-order valence-electron chi connectivity index (χ3n) is 12.7. The molecule has 0 fully saturated rings. The van der Waals surface area contributed by atoms with E-state index in [0.717, 1.165) is 34.3 Å². The molecule has 0 radical (unpaired) electrons. The molecular formula is C50H49BN5O2Pt+. The van der Waals surface area contributed by atoms with Gasteiger partial charge in [-0.1, -0.05) is 132 Å². The van der Waals surface area contributed by atoms with Crippen LogP contribution in [0.5, 0.6) is 17.2 Å². The van der Waals surface area contributed by atoms with E-state index in [-0.39, 0.29) is 50.0 Å². The van der Waals surface area contributed by atoms with Gasteiger partial charge < -0.3 is 19.5 Å². The van der Waals surface area contributed by atoms with Crippen molar-refractivity contribution in [3.8, 4) is 28.6 Å². The molecule has 2 aliphatic rings. The van der Waals surface area contributed by atoms with Gasteiger partial charge in [-0.2, -0.15) is 0 Å². The Morgan fingerprint density at radius 3 is 2.19 bits per heavy atom. The van der Waals surface area contributed by atoms with Crippen LogP contribution in [0.4, 0.5) is 22.9 Å². The predicted molar refractivity (Wildman–Crippen MR) is 234 cm³/mol. The fraction of sp³-hybridized carbons (Fsp3) is 0.240. The number of fused-ring (bicyclic) bond motifs is 4. The number of hydrogen-bond acceptors (Lipinski definition) is 5. The molecule has 0 unspecified atom stereocenters. The zero-order chi connectivity index (χ0) is 40.7. The number of anilines is 4. The van der Waals surface area contributed by atoms with Gasteiger partial charge in [0.1, 0.15) is 11.5 Å². The number of phenols is 1. The summed E-state index contributed by atoms with van der Waals surface area (Å²) in [6.07, 6.45) is 7.53. The largest absolute Gasteiger partial charge is 2.00 e. The number of ether oxygens (including phenoxy) is 1. The first-order valence-corrected chi connectivity index (χ1v) is 20.1. The van der Waals surface area contributed by atoms with Crippen molar-refractivity contribution in [3.63, 3.8) is 0 Å². The van der Waals surface area contributed by atoms with Crippen molar-refractivity contribution in [2.24, 2.45) is 0 Å². The van der Waals surface area contributed by atoms with E-state index in [1.165, 1.54) is 27.7 Å². The van der Waals surface area contributed by atoms with Crippen LogP contribution in [0.1, 0.15) is 76.4 Å². The molecule has 0 amide bonds. The number of aryl methyl sites for hydroxylation is 2. The van der Waals surface area contributed by atoms with Crippen LogP contribution in [-0.4, -0.2) is 21.6 Å². The Labute approximate surface area is 363 Å². The second kappa shape index (κ2) is 14.6. The molecule has 0 aliphatic carbocycles. The van der Waals surface area contributed by atoms with Crippen LogP contribution in [0, 0.1) is 26.2 Å². The van der Waals surface area contributed by atoms with Crippen LogP contribution in [0.25, 0.3) is 11.4 Å². The minimum Gasteiger partial charge on any atom is -0.508 e. The number of aromatic hydroxyl groups is 1. The van der Waals surface area contributed by atoms with Crippen LogP contribution in [0.15, 0.2) is 128 Å². The molecule has 5 aromatic carbocycles. The molecule has 7 nitrogen and oxygen atoms in total. The fourth-order valence-electron chi connectivity index (χ4n) is 8.76. The maximum Gasteiger partial charge on any atom is 2.00 e. The first-order valence-electron chi connectivity index (χ1n) is 20.1. The molecule has 1 N–H and O–H groups in total. The predicted octanol–water partition coefficient (Wildman–Crippen LogP) is 10.4. The van der Waals surface area contributed by atoms with E-state index in [2.05, 4.69) is 180 Å². The molecule has 2 aliphatic heterocycles. The van der Waals surface area contributed by atoms with Gasteiger partial charge >= 0.3 is 28.0 Å². The number of phenolic OH excluding ortho intramolecular Hbond substituents is 1. The number of para-hydroxylation sites is 3. The Kier molecular flexibility index (Phi) is 9.95. The van der Waals surface area contributed by atoms with Crippen molar-refractivity contribution >= 4 is 35.3 Å². The summed E-state index contributed by atoms with van der Waals surface area (Å²) in [5.74, 6) is 1.62. The number of pyridine rings is 1. The molecule has 9 heteroatoms. The fourth-order valence-corrected chi connectivity index (χ4v) is 8.76. The van der Waals surface area contributed by atoms with Crippen LogP contribution in [0.3, 0.4) is 0 Å². The summed E-state index contributed by atoms with van der Waals surface area (Å²) in [6.45, 7) is 19.9. The summed E-state index contributed by atoms with van der Waals surface area (Å²) < 4.78 is 10.6. The van der Waals surface area contributed by atoms with Crippen molar-refractivity contribution in [2.75, 3.05) is 9.62 Å². The van der Waals surface area contributed by atoms with Gasteiger partial charge in [-0.05, 0) is 83.7 Å². The number of nitrogens with zero attached hydrogens (tertiary/aromatic N) is 5. The van der Waals surface area contributed by atoms with Gasteiger partial charge in [0.2, 0.25) is 0 Å². The molecule has 59 heavy (non-hydrogen) atoms. The van der Waals surface area contributed by atoms with Crippen molar-refractivity contribution in [1.82, 2.24) is 9.55 Å². The Morgan fingerprint density at radius 2 is 1.46 bits per heavy atom. The molecular weight excluding hydrogens is 908 g/mol. The number of aromatic nitrogens is 3. The summed E-state index contributed by atoms with van der Waals surface area (Å²) in [6, 6.07) is 43.1. The monoisotopic (exact) mass is 957 g/mol. The first kappa shape index (κ1) is 40.2. The first-order chi connectivity index (χ1) is 27.7. The van der Waals surface area contributed by atoms with E-state index in [1.54, 1.807) is 6.07 Å². The van der Waals surface area contributed by atoms with Crippen LogP contribution >= 0.6 is 0 Å². The molecule has 2 aromatic heterocycles. The Bertz CT molecular complexity index is 2700. The van der Waals surface area contributed by atoms with Crippen molar-refractivity contribution in [2.45, 2.75) is 78.6 Å². The minimum atomic E-state index is -0.267. The van der Waals surface area contributed by atoms with E-state index < -0.39 is 0 Å². The topological polar surface area (TPSA) is 57.6 Å². The molecule has 0 bridgehead atoms. The van der Waals surface area contributed by atoms with E-state index in [9.17, 15) is 5.11 Å². The molecule has 0 saturated carbocycles. The average Bonchev–Trinajstić information content (AvgIpc) is 3.79. The van der Waals surface area contributed by atoms with Crippen molar-refractivity contribution in [1.29, 1.82) is 0 Å². The van der Waals surface area contributed by atoms with Gasteiger partial charge in [-0.15, -0.1) is 18.2 Å². The van der Waals surface area contributed by atoms with E-state index in [1.807, 2.05) is 35.0 Å². The number of imidazole rings is 1. The van der Waals surface area contributed by atoms with Gasteiger partial charge in [0.25, 0.3) is 6.33 Å². The zero-order valence-corrected chi connectivity index (χ0v) is 37.4. The average molecular weight is 958 g/mol. The summed E-state index contributed by atoms with van der Waals surface area (Å²) in [5, 5.41) is 11.9. The molecule has 4 heterocycles. The molecule has 0 atom stereocenters. The summed E-state index contributed by atoms with van der Waals surface area (Å²) in [5.41, 5.74) is 11.2. The van der Waals surface area contributed by atoms with Gasteiger partial charge in [0.15, 0.2) is 11.5 Å². The van der Waals surface area contributed by atoms with Crippen LogP contribution in [0.2, 0.25) is 0 Å². The second-order valence-electron chi connectivity index (χ2n) is 17.8. The smallest absolute Gasteiger partial charge is 0.508 e. The Morgan fingerprint density at radius 1 is 0.763 bits per heavy atom. The van der Waals surface area contributed by atoms with Gasteiger partial charge in [-0.3, -0.25) is 9.13 Å². The SMILES string of the molecule is Cc1cccc(C)c1B1N(c2cc(C(C)(C)C)ccn2)c2[c-]c(Oc3cccc(-n4[c-][n+]5c(c4)C(C)(C)C(C)(C)c4ccccc4-5)c3O)ccc2N1c1ccccc1.[Pt+2]. The number of benzene rings is 5. The summed E-state index contributed by atoms with van der Waals surface area (Å²) >= 11 is 0. The summed E-state index contributed by atoms with van der Waals surface area (Å²) in [4.78, 5) is 9.68. The van der Waals surface area contributed by atoms with Crippen LogP contribution in [-0.2, 0) is 37.3 Å². The van der Waals surface area contributed by atoms with Crippen LogP contribution < -0.4 is 24.4 Å². The Balaban J connectivity index is 0.00000484. The number of hydrogen-bond donors (Lipinski definition) is 1. The maximum absolute atomic E-state index is 11.9. The normalized spacial score (nSPS) is 15.0. The molecule has 298 valence electrons. The molecule has 0 spiro atoms. The molecule has 7 aromatic rings. The summed E-state index contributed by atoms with van der Waals surface area (Å²) in [7, 11) is 0. The van der Waals surface area contributed by atoms with Crippen molar-refractivity contribution < 1.29 is 35.5 Å². The quantitative estimate of drug-likeness (QED) is 0.102. The zero-order valence-electron chi connectivity index (χ0n) is 35.1. The van der Waals surface area contributed by atoms with E-state index in [4.69, 9.17) is 9.72 Å². The molecule has 0 saturated heterocycles. The Hall–Kier alpha value is -5.59. The minimum absolute atomic E-state index is 0. The second-order valence-corrected chi connectivity index (χ2v) is 17.8. The van der Waals surface area contributed by atoms with E-state index >= 15 is 0 Å². The third-order valence-corrected chi connectivity index (χ3v) is 12.7. The van der Waals surface area contributed by atoms with Crippen molar-refractivity contribution in [3.05, 3.63) is 168 Å². The van der Waals surface area contributed by atoms with Gasteiger partial charge in [0.05, 0.1) is 11.4 Å².